The second-order valence-corrected chi connectivity index (χ2v) is 8.12. The molecule has 4 nitrogen and oxygen atoms in total. The van der Waals surface area contributed by atoms with Crippen molar-refractivity contribution in [3.8, 4) is 16.9 Å². The Hall–Kier alpha value is -2.30. The van der Waals surface area contributed by atoms with Crippen LogP contribution >= 0.6 is 11.6 Å². The van der Waals surface area contributed by atoms with Crippen LogP contribution in [0.1, 0.15) is 30.4 Å². The molecule has 1 aliphatic rings. The lowest BCUT2D eigenvalue weighted by atomic mass is 9.99. The fourth-order valence-corrected chi connectivity index (χ4v) is 4.19. The molecule has 1 unspecified atom stereocenters. The van der Waals surface area contributed by atoms with Crippen molar-refractivity contribution in [2.24, 2.45) is 0 Å². The van der Waals surface area contributed by atoms with Crippen LogP contribution in [0.2, 0.25) is 5.02 Å². The first kappa shape index (κ1) is 19.0. The van der Waals surface area contributed by atoms with Gasteiger partial charge < -0.3 is 15.0 Å². The number of aryl methyl sites for hydroxylation is 2. The summed E-state index contributed by atoms with van der Waals surface area (Å²) in [5, 5.41) is 4.96. The SMILES string of the molecule is Cc1cc(C)cc(-c2c(OCC3CCCCN3)c3ccc(Cl)cc3[nH]c2=O)c1. The van der Waals surface area contributed by atoms with Crippen LogP contribution < -0.4 is 15.6 Å². The van der Waals surface area contributed by atoms with Crippen molar-refractivity contribution < 1.29 is 4.74 Å². The smallest absolute Gasteiger partial charge is 0.260 e. The lowest BCUT2D eigenvalue weighted by Crippen LogP contribution is -2.38. The van der Waals surface area contributed by atoms with Gasteiger partial charge in [-0.05, 0) is 57.0 Å². The monoisotopic (exact) mass is 396 g/mol. The van der Waals surface area contributed by atoms with Crippen LogP contribution in [0.15, 0.2) is 41.2 Å². The average molecular weight is 397 g/mol. The number of hydrogen-bond acceptors (Lipinski definition) is 3. The average Bonchev–Trinajstić information content (AvgIpc) is 2.65. The summed E-state index contributed by atoms with van der Waals surface area (Å²) in [5.74, 6) is 0.632. The van der Waals surface area contributed by atoms with E-state index >= 15 is 0 Å². The molecule has 0 aliphatic carbocycles. The summed E-state index contributed by atoms with van der Waals surface area (Å²) in [7, 11) is 0. The van der Waals surface area contributed by atoms with Crippen molar-refractivity contribution in [2.75, 3.05) is 13.2 Å². The highest BCUT2D eigenvalue weighted by Gasteiger charge is 2.19. The topological polar surface area (TPSA) is 54.1 Å². The molecule has 1 aromatic heterocycles. The molecule has 0 saturated carbocycles. The highest BCUT2D eigenvalue weighted by atomic mass is 35.5. The highest BCUT2D eigenvalue weighted by Crippen LogP contribution is 2.35. The Morgan fingerprint density at radius 3 is 2.61 bits per heavy atom. The maximum absolute atomic E-state index is 13.0. The molecule has 28 heavy (non-hydrogen) atoms. The molecule has 1 saturated heterocycles. The van der Waals surface area contributed by atoms with E-state index in [9.17, 15) is 4.79 Å². The molecule has 0 radical (unpaired) electrons. The van der Waals surface area contributed by atoms with Gasteiger partial charge in [0, 0.05) is 16.5 Å². The van der Waals surface area contributed by atoms with Gasteiger partial charge in [-0.1, -0.05) is 47.3 Å². The van der Waals surface area contributed by atoms with Crippen molar-refractivity contribution in [1.29, 1.82) is 0 Å². The molecule has 2 aromatic carbocycles. The van der Waals surface area contributed by atoms with Crippen LogP contribution in [0, 0.1) is 13.8 Å². The Balaban J connectivity index is 1.85. The van der Waals surface area contributed by atoms with E-state index in [0.717, 1.165) is 35.0 Å². The van der Waals surface area contributed by atoms with E-state index < -0.39 is 0 Å². The summed E-state index contributed by atoms with van der Waals surface area (Å²) in [5.41, 5.74) is 4.22. The zero-order valence-corrected chi connectivity index (χ0v) is 17.0. The summed E-state index contributed by atoms with van der Waals surface area (Å²) < 4.78 is 6.32. The Kier molecular flexibility index (Phi) is 5.42. The Labute approximate surface area is 169 Å². The number of benzene rings is 2. The summed E-state index contributed by atoms with van der Waals surface area (Å²) in [4.78, 5) is 16.0. The number of nitrogens with one attached hydrogen (secondary N) is 2. The molecule has 1 fully saturated rings. The van der Waals surface area contributed by atoms with Gasteiger partial charge in [-0.25, -0.2) is 0 Å². The number of pyridine rings is 1. The first-order valence-electron chi connectivity index (χ1n) is 9.81. The third-order valence-electron chi connectivity index (χ3n) is 5.28. The van der Waals surface area contributed by atoms with Gasteiger partial charge in [0.05, 0.1) is 11.1 Å². The van der Waals surface area contributed by atoms with Gasteiger partial charge in [0.2, 0.25) is 0 Å². The first-order valence-corrected chi connectivity index (χ1v) is 10.2. The minimum atomic E-state index is -0.161. The van der Waals surface area contributed by atoms with Crippen molar-refractivity contribution in [3.05, 3.63) is 62.9 Å². The number of aromatic amines is 1. The van der Waals surface area contributed by atoms with E-state index in [1.54, 1.807) is 6.07 Å². The maximum Gasteiger partial charge on any atom is 0.260 e. The third kappa shape index (κ3) is 3.94. The van der Waals surface area contributed by atoms with Gasteiger partial charge in [-0.15, -0.1) is 0 Å². The lowest BCUT2D eigenvalue weighted by molar-refractivity contribution is 0.241. The Morgan fingerprint density at radius 1 is 1.11 bits per heavy atom. The van der Waals surface area contributed by atoms with E-state index in [2.05, 4.69) is 16.4 Å². The molecule has 1 aliphatic heterocycles. The summed E-state index contributed by atoms with van der Waals surface area (Å²) >= 11 is 6.15. The number of aromatic nitrogens is 1. The summed E-state index contributed by atoms with van der Waals surface area (Å²) in [6.45, 7) is 5.64. The fraction of sp³-hybridized carbons (Fsp3) is 0.348. The van der Waals surface area contributed by atoms with Gasteiger partial charge in [0.15, 0.2) is 0 Å². The van der Waals surface area contributed by atoms with Crippen LogP contribution in [0.4, 0.5) is 0 Å². The van der Waals surface area contributed by atoms with Crippen molar-refractivity contribution in [3.63, 3.8) is 0 Å². The van der Waals surface area contributed by atoms with Crippen molar-refractivity contribution >= 4 is 22.5 Å². The van der Waals surface area contributed by atoms with Crippen LogP contribution in [0.3, 0.4) is 0 Å². The van der Waals surface area contributed by atoms with E-state index in [0.29, 0.717) is 34.5 Å². The molecule has 2 heterocycles. The number of rotatable bonds is 4. The molecule has 5 heteroatoms. The van der Waals surface area contributed by atoms with E-state index in [-0.39, 0.29) is 5.56 Å². The molecule has 1 atom stereocenters. The molecular weight excluding hydrogens is 372 g/mol. The Morgan fingerprint density at radius 2 is 1.89 bits per heavy atom. The normalized spacial score (nSPS) is 17.0. The predicted molar refractivity (Wildman–Crippen MR) is 116 cm³/mol. The van der Waals surface area contributed by atoms with Gasteiger partial charge in [-0.3, -0.25) is 4.79 Å². The first-order chi connectivity index (χ1) is 13.5. The van der Waals surface area contributed by atoms with E-state index in [1.165, 1.54) is 12.8 Å². The third-order valence-corrected chi connectivity index (χ3v) is 5.52. The molecule has 0 spiro atoms. The number of piperidine rings is 1. The Bertz CT molecular complexity index is 1050. The van der Waals surface area contributed by atoms with Gasteiger partial charge >= 0.3 is 0 Å². The molecule has 2 N–H and O–H groups in total. The second-order valence-electron chi connectivity index (χ2n) is 7.68. The number of hydrogen-bond donors (Lipinski definition) is 2. The molecule has 146 valence electrons. The van der Waals surface area contributed by atoms with E-state index in [1.807, 2.05) is 38.1 Å². The van der Waals surface area contributed by atoms with Crippen molar-refractivity contribution in [2.45, 2.75) is 39.2 Å². The standard InChI is InChI=1S/C23H25ClN2O2/c1-14-9-15(2)11-16(10-14)21-22(28-13-18-5-3-4-8-25-18)19-7-6-17(24)12-20(19)26-23(21)27/h6-7,9-12,18,25H,3-5,8,13H2,1-2H3,(H,26,27). The largest absolute Gasteiger partial charge is 0.490 e. The quantitative estimate of drug-likeness (QED) is 0.653. The second kappa shape index (κ2) is 7.98. The minimum Gasteiger partial charge on any atom is -0.490 e. The van der Waals surface area contributed by atoms with Gasteiger partial charge in [0.1, 0.15) is 12.4 Å². The van der Waals surface area contributed by atoms with Crippen LogP contribution in [0.5, 0.6) is 5.75 Å². The number of H-pyrrole nitrogens is 1. The summed E-state index contributed by atoms with van der Waals surface area (Å²) in [6.07, 6.45) is 3.50. The maximum atomic E-state index is 13.0. The lowest BCUT2D eigenvalue weighted by Gasteiger charge is -2.24. The highest BCUT2D eigenvalue weighted by molar-refractivity contribution is 6.31. The number of fused-ring (bicyclic) bond motifs is 1. The van der Waals surface area contributed by atoms with Crippen molar-refractivity contribution in [1.82, 2.24) is 10.3 Å². The minimum absolute atomic E-state index is 0.161. The van der Waals surface area contributed by atoms with Crippen LogP contribution in [0.25, 0.3) is 22.0 Å². The molecule has 3 aromatic rings. The zero-order chi connectivity index (χ0) is 19.7. The number of ether oxygens (including phenoxy) is 1. The molecular formula is C23H25ClN2O2. The number of halogens is 1. The summed E-state index contributed by atoms with van der Waals surface area (Å²) in [6, 6.07) is 12.0. The zero-order valence-electron chi connectivity index (χ0n) is 16.3. The van der Waals surface area contributed by atoms with Crippen LogP contribution in [-0.2, 0) is 0 Å². The van der Waals surface area contributed by atoms with Gasteiger partial charge in [-0.2, -0.15) is 0 Å². The van der Waals surface area contributed by atoms with Gasteiger partial charge in [0.25, 0.3) is 5.56 Å². The van der Waals surface area contributed by atoms with Crippen LogP contribution in [-0.4, -0.2) is 24.2 Å². The molecule has 4 rings (SSSR count). The fourth-order valence-electron chi connectivity index (χ4n) is 4.02. The van der Waals surface area contributed by atoms with E-state index in [4.69, 9.17) is 16.3 Å². The molecule has 0 amide bonds. The molecule has 0 bridgehead atoms. The predicted octanol–water partition coefficient (Wildman–Crippen LogP) is 4.99.